The summed E-state index contributed by atoms with van der Waals surface area (Å²) in [7, 11) is 0.763. The minimum absolute atomic E-state index is 0.348. The number of carboxylic acids is 1. The Morgan fingerprint density at radius 3 is 2.05 bits per heavy atom. The molecule has 1 rings (SSSR count). The van der Waals surface area contributed by atoms with Gasteiger partial charge in [0.1, 0.15) is 16.8 Å². The van der Waals surface area contributed by atoms with Crippen LogP contribution in [0.15, 0.2) is 0 Å². The number of hydrogen-bond donors (Lipinski definition) is 1. The maximum absolute atomic E-state index is 10.4. The molecular weight excluding hydrogens is 268 g/mol. The van der Waals surface area contributed by atoms with Crippen molar-refractivity contribution >= 4 is 16.9 Å². The third kappa shape index (κ3) is 8.89. The molecule has 2 nitrogen and oxygen atoms in total. The monoisotopic (exact) mass is 301 g/mol. The summed E-state index contributed by atoms with van der Waals surface area (Å²) in [5.74, 6) is 2.36. The lowest BCUT2D eigenvalue weighted by atomic mass is 10.1. The highest BCUT2D eigenvalue weighted by atomic mass is 32.2. The highest BCUT2D eigenvalue weighted by molar-refractivity contribution is 7.97. The average Bonchev–Trinajstić information content (AvgIpc) is 2.81. The number of aliphatic carboxylic acids is 1. The first kappa shape index (κ1) is 17.9. The SMILES string of the molecule is CC1CCC[S+]1CCCCCCCCCCCC(=O)O. The van der Waals surface area contributed by atoms with Gasteiger partial charge in [-0.1, -0.05) is 38.5 Å². The molecule has 0 aromatic heterocycles. The van der Waals surface area contributed by atoms with E-state index in [1.54, 1.807) is 0 Å². The van der Waals surface area contributed by atoms with E-state index in [0.717, 1.165) is 29.0 Å². The Labute approximate surface area is 128 Å². The van der Waals surface area contributed by atoms with E-state index in [4.69, 9.17) is 5.11 Å². The molecule has 2 atom stereocenters. The highest BCUT2D eigenvalue weighted by Gasteiger charge is 2.31. The van der Waals surface area contributed by atoms with E-state index in [0.29, 0.717) is 6.42 Å². The van der Waals surface area contributed by atoms with Gasteiger partial charge in [-0.05, 0) is 49.9 Å². The van der Waals surface area contributed by atoms with Crippen molar-refractivity contribution in [2.24, 2.45) is 0 Å². The van der Waals surface area contributed by atoms with Gasteiger partial charge in [0.2, 0.25) is 0 Å². The molecule has 0 bridgehead atoms. The van der Waals surface area contributed by atoms with Crippen LogP contribution in [0.5, 0.6) is 0 Å². The lowest BCUT2D eigenvalue weighted by Crippen LogP contribution is -2.16. The molecule has 1 saturated heterocycles. The van der Waals surface area contributed by atoms with Gasteiger partial charge in [-0.15, -0.1) is 0 Å². The summed E-state index contributed by atoms with van der Waals surface area (Å²) in [5.41, 5.74) is 0. The van der Waals surface area contributed by atoms with Crippen LogP contribution in [0, 0.1) is 0 Å². The summed E-state index contributed by atoms with van der Waals surface area (Å²) in [5, 5.41) is 9.55. The Kier molecular flexibility index (Phi) is 10.3. The minimum Gasteiger partial charge on any atom is -0.481 e. The van der Waals surface area contributed by atoms with Gasteiger partial charge in [0.25, 0.3) is 0 Å². The molecule has 0 aromatic carbocycles. The highest BCUT2D eigenvalue weighted by Crippen LogP contribution is 2.23. The molecule has 1 aliphatic rings. The molecule has 118 valence electrons. The maximum Gasteiger partial charge on any atom is 0.303 e. The number of hydrogen-bond acceptors (Lipinski definition) is 1. The van der Waals surface area contributed by atoms with Crippen LogP contribution in [-0.4, -0.2) is 27.8 Å². The van der Waals surface area contributed by atoms with Gasteiger partial charge in [-0.3, -0.25) is 4.79 Å². The largest absolute Gasteiger partial charge is 0.481 e. The number of carboxylic acid groups (broad SMARTS) is 1. The van der Waals surface area contributed by atoms with E-state index in [9.17, 15) is 4.79 Å². The second-order valence-corrected chi connectivity index (χ2v) is 8.92. The Balaban J connectivity index is 1.75. The predicted octanol–water partition coefficient (Wildman–Crippen LogP) is 4.77. The van der Waals surface area contributed by atoms with E-state index in [-0.39, 0.29) is 0 Å². The molecule has 0 spiro atoms. The molecule has 20 heavy (non-hydrogen) atoms. The second-order valence-electron chi connectivity index (χ2n) is 6.22. The summed E-state index contributed by atoms with van der Waals surface area (Å²) in [6.07, 6.45) is 14.8. The smallest absolute Gasteiger partial charge is 0.303 e. The maximum atomic E-state index is 10.4. The summed E-state index contributed by atoms with van der Waals surface area (Å²) >= 11 is 0. The number of unbranched alkanes of at least 4 members (excludes halogenated alkanes) is 8. The molecule has 1 aliphatic heterocycles. The predicted molar refractivity (Wildman–Crippen MR) is 89.6 cm³/mol. The summed E-state index contributed by atoms with van der Waals surface area (Å²) < 4.78 is 0. The van der Waals surface area contributed by atoms with Crippen LogP contribution in [0.4, 0.5) is 0 Å². The lowest BCUT2D eigenvalue weighted by Gasteiger charge is -2.06. The molecule has 0 aromatic rings. The van der Waals surface area contributed by atoms with Crippen molar-refractivity contribution in [3.05, 3.63) is 0 Å². The first-order chi connectivity index (χ1) is 9.70. The van der Waals surface area contributed by atoms with Crippen molar-refractivity contribution in [3.8, 4) is 0 Å². The second kappa shape index (κ2) is 11.5. The molecule has 0 radical (unpaired) electrons. The van der Waals surface area contributed by atoms with Gasteiger partial charge in [-0.2, -0.15) is 0 Å². The summed E-state index contributed by atoms with van der Waals surface area (Å²) in [6, 6.07) is 0. The van der Waals surface area contributed by atoms with Crippen LogP contribution in [-0.2, 0) is 15.7 Å². The van der Waals surface area contributed by atoms with Crippen LogP contribution in [0.1, 0.15) is 84.0 Å². The van der Waals surface area contributed by atoms with E-state index in [1.807, 2.05) is 0 Å². The fourth-order valence-electron chi connectivity index (χ4n) is 3.03. The Morgan fingerprint density at radius 1 is 1.00 bits per heavy atom. The van der Waals surface area contributed by atoms with Crippen LogP contribution >= 0.6 is 0 Å². The molecule has 1 N–H and O–H groups in total. The standard InChI is InChI=1S/C17H32O2S/c1-16-12-11-15-20(16)14-10-8-6-4-2-3-5-7-9-13-17(18)19/h16H,2-15H2,1H3/p+1. The van der Waals surface area contributed by atoms with Crippen molar-refractivity contribution in [2.75, 3.05) is 11.5 Å². The molecule has 2 unspecified atom stereocenters. The topological polar surface area (TPSA) is 37.3 Å². The quantitative estimate of drug-likeness (QED) is 0.416. The van der Waals surface area contributed by atoms with Gasteiger partial charge in [-0.25, -0.2) is 0 Å². The fraction of sp³-hybridized carbons (Fsp3) is 0.941. The number of carbonyl (C=O) groups is 1. The van der Waals surface area contributed by atoms with Gasteiger partial charge in [0.15, 0.2) is 0 Å². The Bertz CT molecular complexity index is 255. The van der Waals surface area contributed by atoms with Gasteiger partial charge >= 0.3 is 5.97 Å². The Morgan fingerprint density at radius 2 is 1.55 bits per heavy atom. The van der Waals surface area contributed by atoms with Gasteiger partial charge < -0.3 is 5.11 Å². The first-order valence-corrected chi connectivity index (χ1v) is 10.2. The molecule has 1 heterocycles. The number of rotatable bonds is 12. The van der Waals surface area contributed by atoms with Crippen LogP contribution in [0.2, 0.25) is 0 Å². The third-order valence-corrected chi connectivity index (χ3v) is 7.38. The summed E-state index contributed by atoms with van der Waals surface area (Å²) in [6.45, 7) is 2.44. The van der Waals surface area contributed by atoms with Crippen molar-refractivity contribution in [2.45, 2.75) is 89.2 Å². The summed E-state index contributed by atoms with van der Waals surface area (Å²) in [4.78, 5) is 10.4. The molecular formula is C17H33O2S+. The molecule has 3 heteroatoms. The van der Waals surface area contributed by atoms with Crippen molar-refractivity contribution in [1.82, 2.24) is 0 Å². The van der Waals surface area contributed by atoms with Crippen LogP contribution in [0.25, 0.3) is 0 Å². The molecule has 0 amide bonds. The molecule has 0 aliphatic carbocycles. The normalized spacial score (nSPS) is 22.2. The van der Waals surface area contributed by atoms with E-state index >= 15 is 0 Å². The molecule has 1 fully saturated rings. The lowest BCUT2D eigenvalue weighted by molar-refractivity contribution is -0.137. The van der Waals surface area contributed by atoms with Crippen molar-refractivity contribution in [1.29, 1.82) is 0 Å². The zero-order valence-electron chi connectivity index (χ0n) is 13.2. The van der Waals surface area contributed by atoms with Crippen LogP contribution < -0.4 is 0 Å². The average molecular weight is 302 g/mol. The minimum atomic E-state index is -0.651. The molecule has 0 saturated carbocycles. The van der Waals surface area contributed by atoms with E-state index in [1.165, 1.54) is 69.3 Å². The van der Waals surface area contributed by atoms with Gasteiger partial charge in [0, 0.05) is 6.42 Å². The van der Waals surface area contributed by atoms with E-state index in [2.05, 4.69) is 6.92 Å². The zero-order chi connectivity index (χ0) is 14.6. The van der Waals surface area contributed by atoms with Crippen molar-refractivity contribution in [3.63, 3.8) is 0 Å². The van der Waals surface area contributed by atoms with Gasteiger partial charge in [0.05, 0.1) is 0 Å². The van der Waals surface area contributed by atoms with Crippen LogP contribution in [0.3, 0.4) is 0 Å². The zero-order valence-corrected chi connectivity index (χ0v) is 14.1. The fourth-order valence-corrected chi connectivity index (χ4v) is 5.65. The van der Waals surface area contributed by atoms with E-state index < -0.39 is 5.97 Å². The Hall–Kier alpha value is -0.180. The third-order valence-electron chi connectivity index (χ3n) is 4.38. The first-order valence-electron chi connectivity index (χ1n) is 8.58. The van der Waals surface area contributed by atoms with Crippen molar-refractivity contribution < 1.29 is 9.90 Å².